The average Bonchev–Trinajstić information content (AvgIpc) is 4.01. The van der Waals surface area contributed by atoms with E-state index in [0.717, 1.165) is 11.8 Å². The highest BCUT2D eigenvalue weighted by Crippen LogP contribution is 2.34. The minimum atomic E-state index is -5.33. The van der Waals surface area contributed by atoms with Crippen molar-refractivity contribution in [1.29, 1.82) is 0 Å². The van der Waals surface area contributed by atoms with Gasteiger partial charge in [0.1, 0.15) is 35.7 Å². The third kappa shape index (κ3) is 13.7. The number of amides is 7. The third-order valence-corrected chi connectivity index (χ3v) is 11.5. The summed E-state index contributed by atoms with van der Waals surface area (Å²) in [5.74, 6) is -6.52. The summed E-state index contributed by atoms with van der Waals surface area (Å²) in [6, 6.07) is -1.71. The van der Waals surface area contributed by atoms with Gasteiger partial charge in [0.2, 0.25) is 41.0 Å². The standard InChI is InChI=1S/C41H60Cl2F3N7O8/c1-9-18-53-30(21-25-20-26(42)15-16-27(25)43)34(56)51-39(5,6)37(59)47-17-11-10-12-29(33(55)49-28(35(53)57)19-22(2)3)52(8)36(58)31(24-13-14-24)50-32(54)23(4)48-38(60)40(7,61)41(44,45)46/h15-16,20,22-24,28-31,61H,9-14,17-19,21H2,1-8H3,(H,47,59)(H,48,60)(H,49,55)(H,50,54)(H,51,56)/t23-,28-,29-,30-,31-,40+/m0/s1. The molecule has 0 bridgehead atoms. The van der Waals surface area contributed by atoms with Crippen LogP contribution in [0.3, 0.4) is 0 Å². The van der Waals surface area contributed by atoms with Crippen LogP contribution in [0.2, 0.25) is 10.0 Å². The van der Waals surface area contributed by atoms with Crippen molar-refractivity contribution in [2.75, 3.05) is 20.1 Å². The number of carbonyl (C=O) groups is 7. The molecule has 0 unspecified atom stereocenters. The van der Waals surface area contributed by atoms with Crippen LogP contribution in [0.15, 0.2) is 18.2 Å². The van der Waals surface area contributed by atoms with E-state index < -0.39 is 88.9 Å². The first kappa shape index (κ1) is 51.2. The van der Waals surface area contributed by atoms with Crippen molar-refractivity contribution >= 4 is 64.6 Å². The Morgan fingerprint density at radius 3 is 2.23 bits per heavy atom. The lowest BCUT2D eigenvalue weighted by Gasteiger charge is -2.37. The van der Waals surface area contributed by atoms with Crippen molar-refractivity contribution in [3.05, 3.63) is 33.8 Å². The molecule has 0 spiro atoms. The first-order valence-electron chi connectivity index (χ1n) is 20.6. The highest BCUT2D eigenvalue weighted by atomic mass is 35.5. The fourth-order valence-electron chi connectivity index (χ4n) is 6.90. The molecule has 342 valence electrons. The fourth-order valence-corrected chi connectivity index (χ4v) is 7.29. The van der Waals surface area contributed by atoms with Gasteiger partial charge >= 0.3 is 6.18 Å². The van der Waals surface area contributed by atoms with E-state index in [1.165, 1.54) is 25.8 Å². The Balaban J connectivity index is 2.02. The van der Waals surface area contributed by atoms with E-state index in [4.69, 9.17) is 23.2 Å². The van der Waals surface area contributed by atoms with Crippen molar-refractivity contribution in [3.63, 3.8) is 0 Å². The number of hydrogen-bond acceptors (Lipinski definition) is 8. The molecule has 6 atom stereocenters. The maximum absolute atomic E-state index is 14.8. The zero-order chi connectivity index (χ0) is 46.2. The maximum atomic E-state index is 14.8. The molecular weight excluding hydrogens is 846 g/mol. The van der Waals surface area contributed by atoms with E-state index in [-0.39, 0.29) is 51.1 Å². The second-order valence-corrected chi connectivity index (χ2v) is 17.9. The lowest BCUT2D eigenvalue weighted by atomic mass is 9.96. The first-order chi connectivity index (χ1) is 28.2. The predicted molar refractivity (Wildman–Crippen MR) is 222 cm³/mol. The van der Waals surface area contributed by atoms with Gasteiger partial charge < -0.3 is 41.5 Å². The van der Waals surface area contributed by atoms with Gasteiger partial charge in [0, 0.05) is 36.6 Å². The van der Waals surface area contributed by atoms with Crippen molar-refractivity contribution in [2.24, 2.45) is 11.8 Å². The Morgan fingerprint density at radius 1 is 1.02 bits per heavy atom. The van der Waals surface area contributed by atoms with Crippen molar-refractivity contribution < 1.29 is 51.8 Å². The number of halogens is 5. The number of hydrogen-bond donors (Lipinski definition) is 6. The number of aliphatic hydroxyl groups is 1. The molecule has 7 amide bonds. The second-order valence-electron chi connectivity index (χ2n) is 17.1. The molecule has 1 aliphatic heterocycles. The highest BCUT2D eigenvalue weighted by molar-refractivity contribution is 6.33. The zero-order valence-corrected chi connectivity index (χ0v) is 37.4. The van der Waals surface area contributed by atoms with Crippen LogP contribution in [0.4, 0.5) is 13.2 Å². The molecule has 0 radical (unpaired) electrons. The molecule has 3 rings (SSSR count). The lowest BCUT2D eigenvalue weighted by Crippen LogP contribution is -2.63. The molecular formula is C41H60Cl2F3N7O8. The fraction of sp³-hybridized carbons (Fsp3) is 0.683. The number of carbonyl (C=O) groups excluding carboxylic acids is 7. The van der Waals surface area contributed by atoms with Gasteiger partial charge in [0.15, 0.2) is 0 Å². The van der Waals surface area contributed by atoms with E-state index in [0.29, 0.717) is 47.7 Å². The Morgan fingerprint density at radius 2 is 1.66 bits per heavy atom. The van der Waals surface area contributed by atoms with Crippen LogP contribution in [0, 0.1) is 11.8 Å². The topological polar surface area (TPSA) is 206 Å². The van der Waals surface area contributed by atoms with Gasteiger partial charge in [-0.05, 0) is 108 Å². The van der Waals surface area contributed by atoms with E-state index >= 15 is 0 Å². The number of likely N-dealkylation sites (N-methyl/N-ethyl adjacent to an activating group) is 1. The van der Waals surface area contributed by atoms with E-state index in [1.807, 2.05) is 26.1 Å². The minimum absolute atomic E-state index is 0.0611. The van der Waals surface area contributed by atoms with Crippen molar-refractivity contribution in [3.8, 4) is 0 Å². The summed E-state index contributed by atoms with van der Waals surface area (Å²) in [5, 5.41) is 23.2. The smallest absolute Gasteiger partial charge is 0.373 e. The van der Waals surface area contributed by atoms with Gasteiger partial charge in [0.25, 0.3) is 5.91 Å². The van der Waals surface area contributed by atoms with Crippen LogP contribution >= 0.6 is 23.2 Å². The maximum Gasteiger partial charge on any atom is 0.426 e. The Hall–Kier alpha value is -4.16. The molecule has 1 saturated carbocycles. The summed E-state index contributed by atoms with van der Waals surface area (Å²) in [4.78, 5) is 99.2. The quantitative estimate of drug-likeness (QED) is 0.173. The number of benzene rings is 1. The molecule has 1 aromatic rings. The van der Waals surface area contributed by atoms with Crippen LogP contribution in [-0.2, 0) is 40.0 Å². The molecule has 2 fully saturated rings. The molecule has 0 aromatic heterocycles. The van der Waals surface area contributed by atoms with Gasteiger partial charge in [-0.25, -0.2) is 0 Å². The zero-order valence-electron chi connectivity index (χ0n) is 35.9. The monoisotopic (exact) mass is 905 g/mol. The van der Waals surface area contributed by atoms with Crippen molar-refractivity contribution in [1.82, 2.24) is 36.4 Å². The van der Waals surface area contributed by atoms with Crippen molar-refractivity contribution in [2.45, 2.75) is 147 Å². The summed E-state index contributed by atoms with van der Waals surface area (Å²) in [6.45, 7) is 10.1. The summed E-state index contributed by atoms with van der Waals surface area (Å²) in [6.07, 6.45) is -3.14. The van der Waals surface area contributed by atoms with Gasteiger partial charge in [-0.3, -0.25) is 33.6 Å². The Labute approximate surface area is 364 Å². The van der Waals surface area contributed by atoms with Crippen LogP contribution in [-0.4, -0.2) is 124 Å². The predicted octanol–water partition coefficient (Wildman–Crippen LogP) is 3.41. The largest absolute Gasteiger partial charge is 0.426 e. The highest BCUT2D eigenvalue weighted by Gasteiger charge is 2.56. The van der Waals surface area contributed by atoms with Gasteiger partial charge in [-0.15, -0.1) is 0 Å². The van der Waals surface area contributed by atoms with Gasteiger partial charge in [-0.1, -0.05) is 44.0 Å². The van der Waals surface area contributed by atoms with Crippen LogP contribution in [0.1, 0.15) is 99.0 Å². The summed E-state index contributed by atoms with van der Waals surface area (Å²) < 4.78 is 39.8. The second kappa shape index (κ2) is 21.3. The molecule has 61 heavy (non-hydrogen) atoms. The lowest BCUT2D eigenvalue weighted by molar-refractivity contribution is -0.245. The number of nitrogens with one attached hydrogen (secondary N) is 5. The normalized spacial score (nSPS) is 22.9. The molecule has 20 heteroatoms. The molecule has 6 N–H and O–H groups in total. The van der Waals surface area contributed by atoms with Crippen LogP contribution in [0.25, 0.3) is 0 Å². The van der Waals surface area contributed by atoms with Gasteiger partial charge in [0.05, 0.1) is 0 Å². The van der Waals surface area contributed by atoms with E-state index in [2.05, 4.69) is 21.3 Å². The molecule has 1 aliphatic carbocycles. The summed E-state index contributed by atoms with van der Waals surface area (Å²) in [5.41, 5.74) is -4.75. The van der Waals surface area contributed by atoms with E-state index in [1.54, 1.807) is 18.2 Å². The van der Waals surface area contributed by atoms with Gasteiger partial charge in [-0.2, -0.15) is 13.2 Å². The number of rotatable bonds is 13. The SMILES string of the molecule is CCCN1C(=O)[C@H](CC(C)C)NC(=O)[C@@H](N(C)C(=O)[C@@H](NC(=O)[C@H](C)NC(=O)[C@@](C)(O)C(F)(F)F)C2CC2)CCCCNC(=O)C(C)(C)NC(=O)[C@@H]1Cc1cc(Cl)ccc1Cl. The Bertz CT molecular complexity index is 1790. The third-order valence-electron chi connectivity index (χ3n) is 10.9. The van der Waals surface area contributed by atoms with Crippen LogP contribution < -0.4 is 26.6 Å². The molecule has 1 aromatic carbocycles. The molecule has 1 saturated heterocycles. The minimum Gasteiger partial charge on any atom is -0.373 e. The summed E-state index contributed by atoms with van der Waals surface area (Å²) in [7, 11) is 1.36. The molecule has 15 nitrogen and oxygen atoms in total. The van der Waals surface area contributed by atoms with E-state index in [9.17, 15) is 51.8 Å². The van der Waals surface area contributed by atoms with Crippen LogP contribution in [0.5, 0.6) is 0 Å². The number of nitrogens with zero attached hydrogens (tertiary/aromatic N) is 2. The average molecular weight is 907 g/mol. The Kier molecular flexibility index (Phi) is 17.9. The first-order valence-corrected chi connectivity index (χ1v) is 21.3. The molecule has 1 heterocycles. The number of alkyl halides is 3. The molecule has 2 aliphatic rings. The summed E-state index contributed by atoms with van der Waals surface area (Å²) >= 11 is 12.9.